The lowest BCUT2D eigenvalue weighted by molar-refractivity contribution is -0.187. The summed E-state index contributed by atoms with van der Waals surface area (Å²) in [5.41, 5.74) is 2.96. The maximum atomic E-state index is 13.2. The molecule has 0 unspecified atom stereocenters. The number of fused-ring (bicyclic) bond motifs is 3. The van der Waals surface area contributed by atoms with Crippen molar-refractivity contribution < 1.29 is 57.4 Å². The molecule has 77 heavy (non-hydrogen) atoms. The van der Waals surface area contributed by atoms with Gasteiger partial charge in [-0.05, 0) is 84.9 Å². The highest BCUT2D eigenvalue weighted by atomic mass is 16.6. The molecule has 392 valence electrons. The third-order valence-electron chi connectivity index (χ3n) is 14.4. The van der Waals surface area contributed by atoms with E-state index in [0.29, 0.717) is 22.6 Å². The summed E-state index contributed by atoms with van der Waals surface area (Å²) in [5, 5.41) is 20.9. The van der Waals surface area contributed by atoms with E-state index in [-0.39, 0.29) is 42.6 Å². The highest BCUT2D eigenvalue weighted by Gasteiger charge is 2.51. The van der Waals surface area contributed by atoms with Crippen LogP contribution in [0.3, 0.4) is 0 Å². The summed E-state index contributed by atoms with van der Waals surface area (Å²) in [4.78, 5) is 53.8. The molecule has 1 saturated heterocycles. The Morgan fingerprint density at radius 3 is 2.01 bits per heavy atom. The van der Waals surface area contributed by atoms with E-state index in [4.69, 9.17) is 52.8 Å². The SMILES string of the molecule is C=CCOc1nc(N[C@H]2c3c(cc4ccc5cccc6ccc3c4c56)[C@@H](OC(C)=O)[C@H](OC(C)=O)[C@@H]2OC(C)=O)nc2c1ncn2[C@H]1C[C@H](O)[C@@H](COC(c2ccccc2)(c2ccc(OC)cc2)c2ccc(OC)cc2)O1. The number of rotatable bonds is 17. The van der Waals surface area contributed by atoms with Gasteiger partial charge in [0.2, 0.25) is 11.8 Å². The molecule has 0 saturated carbocycles. The van der Waals surface area contributed by atoms with E-state index >= 15 is 0 Å². The van der Waals surface area contributed by atoms with Crippen molar-refractivity contribution in [3.8, 4) is 17.4 Å². The Balaban J connectivity index is 0.998. The minimum Gasteiger partial charge on any atom is -0.497 e. The van der Waals surface area contributed by atoms with Crippen molar-refractivity contribution in [2.75, 3.05) is 32.8 Å². The van der Waals surface area contributed by atoms with Crippen LogP contribution in [-0.2, 0) is 43.7 Å². The third-order valence-corrected chi connectivity index (χ3v) is 14.4. The Morgan fingerprint density at radius 1 is 0.753 bits per heavy atom. The van der Waals surface area contributed by atoms with Crippen molar-refractivity contribution in [1.29, 1.82) is 0 Å². The predicted octanol–water partition coefficient (Wildman–Crippen LogP) is 9.60. The minimum atomic E-state index is -1.33. The molecule has 1 aliphatic heterocycles. The molecule has 0 amide bonds. The molecule has 9 aromatic rings. The fraction of sp³-hybridized carbons (Fsp3) is 0.267. The molecule has 0 bridgehead atoms. The van der Waals surface area contributed by atoms with Crippen molar-refractivity contribution in [3.63, 3.8) is 0 Å². The molecule has 1 aliphatic carbocycles. The van der Waals surface area contributed by atoms with Gasteiger partial charge in [-0.3, -0.25) is 19.0 Å². The molecular weight excluding hydrogens is 983 g/mol. The van der Waals surface area contributed by atoms with E-state index in [1.165, 1.54) is 20.8 Å². The number of nitrogens with zero attached hydrogens (tertiary/aromatic N) is 4. The van der Waals surface area contributed by atoms with Crippen LogP contribution in [0.1, 0.15) is 73.4 Å². The van der Waals surface area contributed by atoms with Crippen molar-refractivity contribution >= 4 is 67.3 Å². The summed E-state index contributed by atoms with van der Waals surface area (Å²) in [6, 6.07) is 40.2. The molecule has 2 aromatic heterocycles. The predicted molar refractivity (Wildman–Crippen MR) is 286 cm³/mol. The van der Waals surface area contributed by atoms with Crippen LogP contribution in [0, 0.1) is 0 Å². The summed E-state index contributed by atoms with van der Waals surface area (Å²) in [6.07, 6.45) is -3.23. The number of benzene rings is 7. The highest BCUT2D eigenvalue weighted by Crippen LogP contribution is 2.50. The number of nitrogens with one attached hydrogen (secondary N) is 1. The largest absolute Gasteiger partial charge is 0.497 e. The standard InChI is InChI=1S/C60H55N5O12/c1-7-28-72-58-53-57(65(32-61-53)48-30-46(69)47(77-48)31-73-60(39-14-9-8-10-15-39,40-19-23-42(70-5)24-20-40)41-21-25-43(71-6)26-22-41)63-59(64-58)62-52-51-44-27-18-37-13-11-12-36-16-17-38(50(44)49(36)37)29-45(51)54(74-33(2)66)56(76-35(4)68)55(52)75-34(3)67/h7-27,29,32,46-48,52,54-56,69H,1,28,30-31H2,2-6H3,(H,62,63,64)/t46-,47+,48+,52-,54+,55+,56-/m0/s1. The number of esters is 3. The Kier molecular flexibility index (Phi) is 13.7. The van der Waals surface area contributed by atoms with E-state index in [0.717, 1.165) is 49.0 Å². The average molecular weight is 1040 g/mol. The Bertz CT molecular complexity index is 3600. The second-order valence-corrected chi connectivity index (χ2v) is 19.1. The first-order chi connectivity index (χ1) is 37.4. The number of aliphatic hydroxyl groups is 1. The maximum absolute atomic E-state index is 13.2. The first-order valence-electron chi connectivity index (χ1n) is 25.2. The molecule has 3 heterocycles. The summed E-state index contributed by atoms with van der Waals surface area (Å²) in [5.74, 6) is -0.568. The number of hydrogen-bond acceptors (Lipinski definition) is 16. The molecule has 17 heteroatoms. The monoisotopic (exact) mass is 1040 g/mol. The zero-order valence-corrected chi connectivity index (χ0v) is 42.9. The molecule has 0 radical (unpaired) electrons. The lowest BCUT2D eigenvalue weighted by Gasteiger charge is -2.43. The second kappa shape index (κ2) is 20.8. The van der Waals surface area contributed by atoms with Gasteiger partial charge in [0.15, 0.2) is 29.5 Å². The number of aliphatic hydroxyl groups excluding tert-OH is 1. The Hall–Kier alpha value is -8.64. The molecular formula is C60H55N5O12. The fourth-order valence-corrected chi connectivity index (χ4v) is 11.1. The number of carbonyl (C=O) groups excluding carboxylic acids is 3. The molecule has 1 fully saturated rings. The minimum absolute atomic E-state index is 0.00896. The van der Waals surface area contributed by atoms with E-state index < -0.39 is 66.3 Å². The van der Waals surface area contributed by atoms with Gasteiger partial charge in [-0.2, -0.15) is 9.97 Å². The summed E-state index contributed by atoms with van der Waals surface area (Å²) in [7, 11) is 3.23. The zero-order valence-electron chi connectivity index (χ0n) is 42.9. The lowest BCUT2D eigenvalue weighted by atomic mass is 9.77. The van der Waals surface area contributed by atoms with Gasteiger partial charge in [-0.15, -0.1) is 0 Å². The van der Waals surface area contributed by atoms with Gasteiger partial charge in [0.25, 0.3) is 0 Å². The fourth-order valence-electron chi connectivity index (χ4n) is 11.1. The van der Waals surface area contributed by atoms with Crippen molar-refractivity contribution in [1.82, 2.24) is 19.5 Å². The number of aromatic nitrogens is 4. The molecule has 11 rings (SSSR count). The lowest BCUT2D eigenvalue weighted by Crippen LogP contribution is -2.50. The summed E-state index contributed by atoms with van der Waals surface area (Å²) in [6.45, 7) is 7.60. The number of ether oxygens (including phenoxy) is 8. The van der Waals surface area contributed by atoms with E-state index in [1.807, 2.05) is 127 Å². The zero-order chi connectivity index (χ0) is 53.5. The molecule has 0 spiro atoms. The maximum Gasteiger partial charge on any atom is 0.303 e. The van der Waals surface area contributed by atoms with Crippen LogP contribution in [0.2, 0.25) is 0 Å². The van der Waals surface area contributed by atoms with Crippen LogP contribution in [-0.4, -0.2) is 94.4 Å². The number of anilines is 1. The summed E-state index contributed by atoms with van der Waals surface area (Å²) >= 11 is 0. The normalized spacial score (nSPS) is 20.2. The number of hydrogen-bond donors (Lipinski definition) is 2. The van der Waals surface area contributed by atoms with Crippen molar-refractivity contribution in [2.24, 2.45) is 0 Å². The first kappa shape index (κ1) is 50.5. The van der Waals surface area contributed by atoms with E-state index in [2.05, 4.69) is 11.9 Å². The van der Waals surface area contributed by atoms with Crippen LogP contribution in [0.25, 0.3) is 43.5 Å². The molecule has 2 N–H and O–H groups in total. The second-order valence-electron chi connectivity index (χ2n) is 19.1. The smallest absolute Gasteiger partial charge is 0.303 e. The van der Waals surface area contributed by atoms with Gasteiger partial charge in [0.1, 0.15) is 36.0 Å². The Labute approximate surface area is 442 Å². The quantitative estimate of drug-likeness (QED) is 0.0287. The van der Waals surface area contributed by atoms with Gasteiger partial charge < -0.3 is 48.3 Å². The van der Waals surface area contributed by atoms with Crippen LogP contribution >= 0.6 is 0 Å². The molecule has 17 nitrogen and oxygen atoms in total. The molecule has 2 aliphatic rings. The first-order valence-corrected chi connectivity index (χ1v) is 25.2. The van der Waals surface area contributed by atoms with Crippen molar-refractivity contribution in [3.05, 3.63) is 174 Å². The van der Waals surface area contributed by atoms with Gasteiger partial charge in [0, 0.05) is 32.8 Å². The van der Waals surface area contributed by atoms with E-state index in [9.17, 15) is 19.5 Å². The van der Waals surface area contributed by atoms with Crippen LogP contribution in [0.15, 0.2) is 146 Å². The van der Waals surface area contributed by atoms with Gasteiger partial charge in [0.05, 0.1) is 39.3 Å². The molecule has 7 atom stereocenters. The molecule has 7 aromatic carbocycles. The third kappa shape index (κ3) is 9.25. The number of methoxy groups -OCH3 is 2. The van der Waals surface area contributed by atoms with Crippen molar-refractivity contribution in [2.45, 2.75) is 75.6 Å². The summed E-state index contributed by atoms with van der Waals surface area (Å²) < 4.78 is 51.0. The number of imidazole rings is 1. The van der Waals surface area contributed by atoms with Crippen LogP contribution < -0.4 is 19.5 Å². The van der Waals surface area contributed by atoms with Crippen LogP contribution in [0.5, 0.6) is 17.4 Å². The van der Waals surface area contributed by atoms with Gasteiger partial charge in [-0.1, -0.05) is 110 Å². The number of carbonyl (C=O) groups is 3. The average Bonchev–Trinajstić information content (AvgIpc) is 4.23. The Morgan fingerprint density at radius 2 is 1.38 bits per heavy atom. The van der Waals surface area contributed by atoms with Gasteiger partial charge >= 0.3 is 17.9 Å². The van der Waals surface area contributed by atoms with Gasteiger partial charge in [-0.25, -0.2) is 4.98 Å². The topological polar surface area (TPSA) is 201 Å². The van der Waals surface area contributed by atoms with Crippen LogP contribution in [0.4, 0.5) is 5.95 Å². The van der Waals surface area contributed by atoms with E-state index in [1.54, 1.807) is 31.2 Å². The highest BCUT2D eigenvalue weighted by molar-refractivity contribution is 6.24.